The molecule has 2 rings (SSSR count). The highest BCUT2D eigenvalue weighted by Crippen LogP contribution is 2.27. The van der Waals surface area contributed by atoms with Crippen LogP contribution in [-0.4, -0.2) is 9.55 Å². The molecule has 0 fully saturated rings. The Bertz CT molecular complexity index is 481. The maximum absolute atomic E-state index is 4.73. The lowest BCUT2D eigenvalue weighted by atomic mass is 9.93. The van der Waals surface area contributed by atoms with E-state index in [0.29, 0.717) is 0 Å². The molecule has 2 heterocycles. The van der Waals surface area contributed by atoms with Crippen molar-refractivity contribution >= 4 is 11.3 Å². The smallest absolute Gasteiger partial charge is 0.194 e. The van der Waals surface area contributed by atoms with Crippen LogP contribution in [0.4, 0.5) is 0 Å². The molecule has 3 heteroatoms. The predicted molar refractivity (Wildman–Crippen MR) is 69.6 cm³/mol. The summed E-state index contributed by atoms with van der Waals surface area (Å²) in [5, 5.41) is 3.23. The molecule has 0 saturated carbocycles. The molecule has 86 valence electrons. The van der Waals surface area contributed by atoms with Gasteiger partial charge in [0.15, 0.2) is 5.13 Å². The van der Waals surface area contributed by atoms with E-state index in [2.05, 4.69) is 56.7 Å². The van der Waals surface area contributed by atoms with Crippen LogP contribution in [0.25, 0.3) is 5.13 Å². The third-order valence-electron chi connectivity index (χ3n) is 2.72. The molecule has 0 aliphatic heterocycles. The lowest BCUT2D eigenvalue weighted by Gasteiger charge is -2.14. The third kappa shape index (κ3) is 1.92. The third-order valence-corrected chi connectivity index (χ3v) is 3.55. The summed E-state index contributed by atoms with van der Waals surface area (Å²) in [6.45, 7) is 10.8. The highest BCUT2D eigenvalue weighted by molar-refractivity contribution is 7.12. The fraction of sp³-hybridized carbons (Fsp3) is 0.462. The Labute approximate surface area is 101 Å². The van der Waals surface area contributed by atoms with Gasteiger partial charge in [-0.2, -0.15) is 0 Å². The van der Waals surface area contributed by atoms with E-state index >= 15 is 0 Å². The first-order valence-electron chi connectivity index (χ1n) is 5.51. The van der Waals surface area contributed by atoms with Crippen molar-refractivity contribution in [3.63, 3.8) is 0 Å². The molecule has 0 amide bonds. The zero-order valence-corrected chi connectivity index (χ0v) is 11.4. The lowest BCUT2D eigenvalue weighted by Crippen LogP contribution is -2.12. The summed E-state index contributed by atoms with van der Waals surface area (Å²) in [5.41, 5.74) is 3.78. The molecule has 0 unspecified atom stereocenters. The zero-order valence-electron chi connectivity index (χ0n) is 10.5. The molecule has 0 saturated heterocycles. The van der Waals surface area contributed by atoms with Gasteiger partial charge in [-0.15, -0.1) is 11.3 Å². The molecule has 0 bridgehead atoms. The van der Waals surface area contributed by atoms with E-state index in [1.165, 1.54) is 17.1 Å². The van der Waals surface area contributed by atoms with Gasteiger partial charge in [0.2, 0.25) is 0 Å². The molecule has 0 aliphatic carbocycles. The highest BCUT2D eigenvalue weighted by Gasteiger charge is 2.18. The normalized spacial score (nSPS) is 12.1. The number of hydrogen-bond acceptors (Lipinski definition) is 2. The van der Waals surface area contributed by atoms with E-state index in [-0.39, 0.29) is 5.41 Å². The van der Waals surface area contributed by atoms with Crippen molar-refractivity contribution in [1.29, 1.82) is 0 Å². The fourth-order valence-electron chi connectivity index (χ4n) is 1.68. The SMILES string of the molecule is Cc1ccc(C)n1-c1nc(C(C)(C)C)cs1. The van der Waals surface area contributed by atoms with Crippen molar-refractivity contribution in [1.82, 2.24) is 9.55 Å². The Kier molecular flexibility index (Phi) is 2.66. The van der Waals surface area contributed by atoms with Crippen LogP contribution in [-0.2, 0) is 5.41 Å². The number of nitrogens with zero attached hydrogens (tertiary/aromatic N) is 2. The van der Waals surface area contributed by atoms with E-state index in [0.717, 1.165) is 5.13 Å². The topological polar surface area (TPSA) is 17.8 Å². The van der Waals surface area contributed by atoms with Crippen molar-refractivity contribution < 1.29 is 0 Å². The van der Waals surface area contributed by atoms with Gasteiger partial charge in [0.1, 0.15) is 0 Å². The lowest BCUT2D eigenvalue weighted by molar-refractivity contribution is 0.571. The van der Waals surface area contributed by atoms with Crippen LogP contribution < -0.4 is 0 Å². The standard InChI is InChI=1S/C13H18N2S/c1-9-6-7-10(2)15(9)12-14-11(8-16-12)13(3,4)5/h6-8H,1-5H3. The Hall–Kier alpha value is -1.09. The monoisotopic (exact) mass is 234 g/mol. The first kappa shape index (κ1) is 11.4. The molecule has 0 radical (unpaired) electrons. The minimum absolute atomic E-state index is 0.129. The molecule has 16 heavy (non-hydrogen) atoms. The fourth-order valence-corrected chi connectivity index (χ4v) is 2.85. The number of aromatic nitrogens is 2. The molecule has 0 N–H and O–H groups in total. The molecule has 2 aromatic heterocycles. The second-order valence-electron chi connectivity index (χ2n) is 5.22. The van der Waals surface area contributed by atoms with E-state index in [4.69, 9.17) is 4.98 Å². The van der Waals surface area contributed by atoms with Crippen molar-refractivity contribution in [2.24, 2.45) is 0 Å². The quantitative estimate of drug-likeness (QED) is 0.733. The molecule has 2 nitrogen and oxygen atoms in total. The Morgan fingerprint density at radius 3 is 2.12 bits per heavy atom. The van der Waals surface area contributed by atoms with E-state index in [9.17, 15) is 0 Å². The van der Waals surface area contributed by atoms with E-state index in [1.807, 2.05) is 0 Å². The molecule has 0 atom stereocenters. The summed E-state index contributed by atoms with van der Waals surface area (Å²) in [4.78, 5) is 4.73. The summed E-state index contributed by atoms with van der Waals surface area (Å²) in [6.07, 6.45) is 0. The molecule has 0 spiro atoms. The van der Waals surface area contributed by atoms with Gasteiger partial charge in [-0.3, -0.25) is 4.57 Å². The average molecular weight is 234 g/mol. The number of hydrogen-bond donors (Lipinski definition) is 0. The van der Waals surface area contributed by atoms with Gasteiger partial charge >= 0.3 is 0 Å². The van der Waals surface area contributed by atoms with Gasteiger partial charge in [0.05, 0.1) is 5.69 Å². The maximum Gasteiger partial charge on any atom is 0.194 e. The largest absolute Gasteiger partial charge is 0.295 e. The summed E-state index contributed by atoms with van der Waals surface area (Å²) in [6, 6.07) is 4.26. The van der Waals surface area contributed by atoms with Crippen LogP contribution in [0.5, 0.6) is 0 Å². The predicted octanol–water partition coefficient (Wildman–Crippen LogP) is 3.85. The van der Waals surface area contributed by atoms with Crippen LogP contribution in [0.2, 0.25) is 0 Å². The summed E-state index contributed by atoms with van der Waals surface area (Å²) in [7, 11) is 0. The Morgan fingerprint density at radius 1 is 1.12 bits per heavy atom. The van der Waals surface area contributed by atoms with E-state index < -0.39 is 0 Å². The van der Waals surface area contributed by atoms with Crippen molar-refractivity contribution in [2.45, 2.75) is 40.0 Å². The molecule has 2 aromatic rings. The van der Waals surface area contributed by atoms with Crippen LogP contribution in [0.3, 0.4) is 0 Å². The maximum atomic E-state index is 4.73. The minimum Gasteiger partial charge on any atom is -0.295 e. The van der Waals surface area contributed by atoms with E-state index in [1.54, 1.807) is 11.3 Å². The second kappa shape index (κ2) is 3.74. The van der Waals surface area contributed by atoms with Gasteiger partial charge in [0, 0.05) is 22.2 Å². The van der Waals surface area contributed by atoms with Crippen LogP contribution in [0, 0.1) is 13.8 Å². The Morgan fingerprint density at radius 2 is 1.69 bits per heavy atom. The number of thiazole rings is 1. The van der Waals surface area contributed by atoms with Gasteiger partial charge < -0.3 is 0 Å². The minimum atomic E-state index is 0.129. The van der Waals surface area contributed by atoms with Crippen LogP contribution in [0.1, 0.15) is 37.9 Å². The van der Waals surface area contributed by atoms with Gasteiger partial charge in [0.25, 0.3) is 0 Å². The summed E-state index contributed by atoms with van der Waals surface area (Å²) >= 11 is 1.71. The van der Waals surface area contributed by atoms with Gasteiger partial charge in [-0.05, 0) is 26.0 Å². The highest BCUT2D eigenvalue weighted by atomic mass is 32.1. The number of aryl methyl sites for hydroxylation is 2. The first-order valence-corrected chi connectivity index (χ1v) is 6.39. The van der Waals surface area contributed by atoms with Crippen molar-refractivity contribution in [3.8, 4) is 5.13 Å². The zero-order chi connectivity index (χ0) is 11.9. The second-order valence-corrected chi connectivity index (χ2v) is 6.05. The van der Waals surface area contributed by atoms with Crippen LogP contribution >= 0.6 is 11.3 Å². The average Bonchev–Trinajstić information content (AvgIpc) is 2.72. The number of rotatable bonds is 1. The summed E-state index contributed by atoms with van der Waals surface area (Å²) < 4.78 is 2.21. The molecular formula is C13H18N2S. The first-order chi connectivity index (χ1) is 7.39. The van der Waals surface area contributed by atoms with Crippen molar-refractivity contribution in [2.75, 3.05) is 0 Å². The van der Waals surface area contributed by atoms with Gasteiger partial charge in [-0.25, -0.2) is 4.98 Å². The van der Waals surface area contributed by atoms with Crippen LogP contribution in [0.15, 0.2) is 17.5 Å². The molecule has 0 aliphatic rings. The van der Waals surface area contributed by atoms with Gasteiger partial charge in [-0.1, -0.05) is 20.8 Å². The Balaban J connectivity index is 2.47. The molecular weight excluding hydrogens is 216 g/mol. The van der Waals surface area contributed by atoms with Crippen molar-refractivity contribution in [3.05, 3.63) is 34.6 Å². The molecule has 0 aromatic carbocycles. The summed E-state index contributed by atoms with van der Waals surface area (Å²) in [5.74, 6) is 0.